The number of hydrogen-bond donors (Lipinski definition) is 2. The molecule has 2 amide bonds. The molecule has 2 rings (SSSR count). The lowest BCUT2D eigenvalue weighted by Crippen LogP contribution is -2.49. The number of amides is 2. The lowest BCUT2D eigenvalue weighted by atomic mass is 10.2. The molecule has 1 heterocycles. The van der Waals surface area contributed by atoms with Crippen LogP contribution in [-0.4, -0.2) is 73.8 Å². The van der Waals surface area contributed by atoms with Gasteiger partial charge in [-0.15, -0.1) is 0 Å². The standard InChI is InChI=1S/C16H22N2O6S/c1-2-24-16(21)18(13-10-25(22,23)11-14(13)19)9-8-17-15(20)12-6-4-3-5-7-12/h3-7,13-14,19H,2,8-11H2,1H3,(H,17,20)/t13-,14+/m0/s1. The molecule has 2 N–H and O–H groups in total. The largest absolute Gasteiger partial charge is 0.450 e. The Labute approximate surface area is 146 Å². The van der Waals surface area contributed by atoms with E-state index in [0.29, 0.717) is 5.56 Å². The van der Waals surface area contributed by atoms with Gasteiger partial charge in [0.05, 0.1) is 30.3 Å². The molecule has 1 aliphatic rings. The fraction of sp³-hybridized carbons (Fsp3) is 0.500. The predicted molar refractivity (Wildman–Crippen MR) is 91.0 cm³/mol. The molecule has 2 atom stereocenters. The van der Waals surface area contributed by atoms with Crippen LogP contribution in [-0.2, 0) is 14.6 Å². The number of sulfone groups is 1. The minimum absolute atomic E-state index is 0.0364. The quantitative estimate of drug-likeness (QED) is 0.731. The number of carbonyl (C=O) groups excluding carboxylic acids is 2. The summed E-state index contributed by atoms with van der Waals surface area (Å²) >= 11 is 0. The summed E-state index contributed by atoms with van der Waals surface area (Å²) in [4.78, 5) is 25.3. The summed E-state index contributed by atoms with van der Waals surface area (Å²) in [6, 6.07) is 7.70. The molecule has 9 heteroatoms. The molecule has 0 bridgehead atoms. The summed E-state index contributed by atoms with van der Waals surface area (Å²) < 4.78 is 28.3. The summed E-state index contributed by atoms with van der Waals surface area (Å²) in [5.41, 5.74) is 0.480. The lowest BCUT2D eigenvalue weighted by molar-refractivity contribution is 0.0560. The van der Waals surface area contributed by atoms with Crippen molar-refractivity contribution in [2.75, 3.05) is 31.2 Å². The van der Waals surface area contributed by atoms with Gasteiger partial charge in [0.15, 0.2) is 9.84 Å². The SMILES string of the molecule is CCOC(=O)N(CCNC(=O)c1ccccc1)[C@H]1CS(=O)(=O)C[C@H]1O. The number of hydrogen-bond acceptors (Lipinski definition) is 6. The van der Waals surface area contributed by atoms with E-state index in [1.165, 1.54) is 4.90 Å². The molecule has 0 aliphatic carbocycles. The Kier molecular flexibility index (Phi) is 6.38. The topological polar surface area (TPSA) is 113 Å². The van der Waals surface area contributed by atoms with E-state index < -0.39 is 28.1 Å². The number of nitrogens with zero attached hydrogens (tertiary/aromatic N) is 1. The molecule has 0 aromatic heterocycles. The number of nitrogens with one attached hydrogen (secondary N) is 1. The molecule has 1 aromatic rings. The summed E-state index contributed by atoms with van der Waals surface area (Å²) in [7, 11) is -3.41. The Morgan fingerprint density at radius 3 is 2.52 bits per heavy atom. The molecule has 25 heavy (non-hydrogen) atoms. The minimum Gasteiger partial charge on any atom is -0.450 e. The van der Waals surface area contributed by atoms with E-state index in [4.69, 9.17) is 4.74 Å². The van der Waals surface area contributed by atoms with Crippen molar-refractivity contribution in [3.8, 4) is 0 Å². The zero-order valence-electron chi connectivity index (χ0n) is 13.9. The summed E-state index contributed by atoms with van der Waals surface area (Å²) in [5, 5.41) is 12.6. The van der Waals surface area contributed by atoms with E-state index in [-0.39, 0.29) is 37.1 Å². The molecule has 0 unspecified atom stereocenters. The molecule has 138 valence electrons. The fourth-order valence-electron chi connectivity index (χ4n) is 2.69. The van der Waals surface area contributed by atoms with Crippen molar-refractivity contribution in [1.29, 1.82) is 0 Å². The van der Waals surface area contributed by atoms with Crippen molar-refractivity contribution in [2.45, 2.75) is 19.1 Å². The third-order valence-corrected chi connectivity index (χ3v) is 5.57. The zero-order valence-corrected chi connectivity index (χ0v) is 14.7. The molecule has 1 saturated heterocycles. The van der Waals surface area contributed by atoms with Crippen LogP contribution in [0.3, 0.4) is 0 Å². The first-order chi connectivity index (χ1) is 11.8. The first kappa shape index (κ1) is 19.2. The maximum atomic E-state index is 12.1. The minimum atomic E-state index is -3.41. The van der Waals surface area contributed by atoms with E-state index in [1.54, 1.807) is 37.3 Å². The van der Waals surface area contributed by atoms with Gasteiger partial charge in [-0.3, -0.25) is 9.69 Å². The van der Waals surface area contributed by atoms with Crippen molar-refractivity contribution in [3.63, 3.8) is 0 Å². The Morgan fingerprint density at radius 2 is 1.96 bits per heavy atom. The van der Waals surface area contributed by atoms with E-state index in [9.17, 15) is 23.1 Å². The Balaban J connectivity index is 1.99. The normalized spacial score (nSPS) is 21.5. The van der Waals surface area contributed by atoms with Gasteiger partial charge in [0.1, 0.15) is 0 Å². The molecule has 0 spiro atoms. The molecular formula is C16H22N2O6S. The van der Waals surface area contributed by atoms with Crippen LogP contribution in [0.1, 0.15) is 17.3 Å². The lowest BCUT2D eigenvalue weighted by Gasteiger charge is -2.29. The Morgan fingerprint density at radius 1 is 1.28 bits per heavy atom. The van der Waals surface area contributed by atoms with Gasteiger partial charge in [-0.1, -0.05) is 18.2 Å². The van der Waals surface area contributed by atoms with Crippen LogP contribution in [0.15, 0.2) is 30.3 Å². The second-order valence-electron chi connectivity index (χ2n) is 5.73. The van der Waals surface area contributed by atoms with Gasteiger partial charge >= 0.3 is 6.09 Å². The number of rotatable bonds is 6. The summed E-state index contributed by atoms with van der Waals surface area (Å²) in [6.45, 7) is 1.90. The van der Waals surface area contributed by atoms with Gasteiger partial charge in [0.2, 0.25) is 0 Å². The highest BCUT2D eigenvalue weighted by Gasteiger charge is 2.42. The van der Waals surface area contributed by atoms with Gasteiger partial charge in [0.25, 0.3) is 5.91 Å². The predicted octanol–water partition coefficient (Wildman–Crippen LogP) is 0.0328. The van der Waals surface area contributed by atoms with Crippen molar-refractivity contribution in [2.24, 2.45) is 0 Å². The van der Waals surface area contributed by atoms with Gasteiger partial charge in [-0.05, 0) is 19.1 Å². The average molecular weight is 370 g/mol. The van der Waals surface area contributed by atoms with Crippen LogP contribution in [0.5, 0.6) is 0 Å². The van der Waals surface area contributed by atoms with Crippen LogP contribution in [0, 0.1) is 0 Å². The molecule has 1 aliphatic heterocycles. The molecule has 1 aromatic carbocycles. The third-order valence-electron chi connectivity index (χ3n) is 3.87. The van der Waals surface area contributed by atoms with Crippen molar-refractivity contribution < 1.29 is 27.9 Å². The van der Waals surface area contributed by atoms with Crippen molar-refractivity contribution in [1.82, 2.24) is 10.2 Å². The molecule has 0 radical (unpaired) electrons. The van der Waals surface area contributed by atoms with Crippen molar-refractivity contribution in [3.05, 3.63) is 35.9 Å². The zero-order chi connectivity index (χ0) is 18.4. The Bertz CT molecular complexity index is 707. The number of aliphatic hydroxyl groups excluding tert-OH is 1. The number of aliphatic hydroxyl groups is 1. The Hall–Kier alpha value is -2.13. The second-order valence-corrected chi connectivity index (χ2v) is 7.88. The number of benzene rings is 1. The highest BCUT2D eigenvalue weighted by atomic mass is 32.2. The number of carbonyl (C=O) groups is 2. The van der Waals surface area contributed by atoms with Crippen LogP contribution >= 0.6 is 0 Å². The van der Waals surface area contributed by atoms with E-state index >= 15 is 0 Å². The van der Waals surface area contributed by atoms with Crippen molar-refractivity contribution >= 4 is 21.8 Å². The third kappa shape index (κ3) is 5.17. The fourth-order valence-corrected chi connectivity index (χ4v) is 4.49. The van der Waals surface area contributed by atoms with E-state index in [1.807, 2.05) is 0 Å². The van der Waals surface area contributed by atoms with Crippen LogP contribution in [0.25, 0.3) is 0 Å². The maximum absolute atomic E-state index is 12.1. The van der Waals surface area contributed by atoms with Crippen LogP contribution in [0.4, 0.5) is 4.79 Å². The maximum Gasteiger partial charge on any atom is 0.410 e. The molecule has 8 nitrogen and oxygen atoms in total. The summed E-state index contributed by atoms with van der Waals surface area (Å²) in [5.74, 6) is -1.01. The smallest absolute Gasteiger partial charge is 0.410 e. The van der Waals surface area contributed by atoms with Gasteiger partial charge in [-0.25, -0.2) is 13.2 Å². The summed E-state index contributed by atoms with van der Waals surface area (Å²) in [6.07, 6.45) is -1.88. The number of ether oxygens (including phenoxy) is 1. The first-order valence-electron chi connectivity index (χ1n) is 7.99. The molecule has 0 saturated carbocycles. The van der Waals surface area contributed by atoms with Crippen LogP contribution < -0.4 is 5.32 Å². The second kappa shape index (κ2) is 8.30. The highest BCUT2D eigenvalue weighted by molar-refractivity contribution is 7.91. The highest BCUT2D eigenvalue weighted by Crippen LogP contribution is 2.19. The van der Waals surface area contributed by atoms with E-state index in [0.717, 1.165) is 0 Å². The molecule has 1 fully saturated rings. The first-order valence-corrected chi connectivity index (χ1v) is 9.81. The van der Waals surface area contributed by atoms with Gasteiger partial charge in [-0.2, -0.15) is 0 Å². The molecular weight excluding hydrogens is 348 g/mol. The monoisotopic (exact) mass is 370 g/mol. The van der Waals surface area contributed by atoms with Gasteiger partial charge < -0.3 is 15.2 Å². The van der Waals surface area contributed by atoms with Gasteiger partial charge in [0, 0.05) is 18.7 Å². The van der Waals surface area contributed by atoms with E-state index in [2.05, 4.69) is 5.32 Å². The average Bonchev–Trinajstić information content (AvgIpc) is 2.84. The van der Waals surface area contributed by atoms with Crippen LogP contribution in [0.2, 0.25) is 0 Å².